The molecule has 0 aromatic heterocycles. The summed E-state index contributed by atoms with van der Waals surface area (Å²) < 4.78 is 5.80. The van der Waals surface area contributed by atoms with Crippen LogP contribution in [0.1, 0.15) is 39.5 Å². The predicted molar refractivity (Wildman–Crippen MR) is 63.0 cm³/mol. The average Bonchev–Trinajstić information content (AvgIpc) is 2.58. The molecule has 0 aromatic rings. The molecular formula is C13H22N2O. The van der Waals surface area contributed by atoms with E-state index in [1.807, 2.05) is 13.8 Å². The zero-order chi connectivity index (χ0) is 11.6. The Kier molecular flexibility index (Phi) is 3.51. The van der Waals surface area contributed by atoms with Gasteiger partial charge in [0.05, 0.1) is 23.7 Å². The van der Waals surface area contributed by atoms with Gasteiger partial charge in [-0.2, -0.15) is 5.26 Å². The third-order valence-electron chi connectivity index (χ3n) is 3.70. The second kappa shape index (κ2) is 4.73. The van der Waals surface area contributed by atoms with Crippen molar-refractivity contribution in [3.8, 4) is 6.07 Å². The highest BCUT2D eigenvalue weighted by Crippen LogP contribution is 2.27. The van der Waals surface area contributed by atoms with Gasteiger partial charge in [-0.05, 0) is 46.1 Å². The first-order chi connectivity index (χ1) is 7.59. The fraction of sp³-hybridized carbons (Fsp3) is 0.923. The van der Waals surface area contributed by atoms with Crippen molar-refractivity contribution >= 4 is 0 Å². The summed E-state index contributed by atoms with van der Waals surface area (Å²) in [5.41, 5.74) is -0.161. The predicted octanol–water partition coefficient (Wildman–Crippen LogP) is 2.18. The smallest absolute Gasteiger partial charge is 0.0707 e. The summed E-state index contributed by atoms with van der Waals surface area (Å²) in [5.74, 6) is 0. The van der Waals surface area contributed by atoms with E-state index in [2.05, 4.69) is 11.0 Å². The summed E-state index contributed by atoms with van der Waals surface area (Å²) >= 11 is 0. The molecule has 2 aliphatic heterocycles. The molecule has 2 unspecified atom stereocenters. The summed E-state index contributed by atoms with van der Waals surface area (Å²) in [7, 11) is 0. The molecule has 2 fully saturated rings. The Hall–Kier alpha value is -0.590. The van der Waals surface area contributed by atoms with Gasteiger partial charge in [-0.25, -0.2) is 0 Å². The number of fused-ring (bicyclic) bond motifs is 2. The van der Waals surface area contributed by atoms with Crippen molar-refractivity contribution in [2.24, 2.45) is 5.41 Å². The van der Waals surface area contributed by atoms with Gasteiger partial charge in [0.2, 0.25) is 0 Å². The quantitative estimate of drug-likeness (QED) is 0.731. The van der Waals surface area contributed by atoms with Crippen LogP contribution >= 0.6 is 0 Å². The van der Waals surface area contributed by atoms with Crippen LogP contribution in [0.4, 0.5) is 0 Å². The first kappa shape index (κ1) is 11.9. The molecule has 0 spiro atoms. The minimum absolute atomic E-state index is 0.161. The average molecular weight is 222 g/mol. The van der Waals surface area contributed by atoms with Crippen molar-refractivity contribution in [1.82, 2.24) is 4.90 Å². The molecule has 0 N–H and O–H groups in total. The molecule has 3 heteroatoms. The van der Waals surface area contributed by atoms with Crippen LogP contribution in [0.2, 0.25) is 0 Å². The molecule has 2 saturated heterocycles. The number of rotatable bonds is 4. The number of hydrogen-bond donors (Lipinski definition) is 0. The Morgan fingerprint density at radius 2 is 1.94 bits per heavy atom. The Bertz CT molecular complexity index is 270. The van der Waals surface area contributed by atoms with Crippen molar-refractivity contribution in [3.63, 3.8) is 0 Å². The second-order valence-corrected chi connectivity index (χ2v) is 5.82. The number of ether oxygens (including phenoxy) is 1. The largest absolute Gasteiger partial charge is 0.372 e. The number of nitrogens with zero attached hydrogens (tertiary/aromatic N) is 2. The lowest BCUT2D eigenvalue weighted by molar-refractivity contribution is -0.0388. The van der Waals surface area contributed by atoms with Gasteiger partial charge in [0.25, 0.3) is 0 Å². The molecule has 0 amide bonds. The molecule has 2 aliphatic rings. The Labute approximate surface area is 98.4 Å². The van der Waals surface area contributed by atoms with Gasteiger partial charge in [-0.3, -0.25) is 4.90 Å². The number of likely N-dealkylation sites (tertiary alicyclic amines) is 1. The maximum Gasteiger partial charge on any atom is 0.0707 e. The molecule has 90 valence electrons. The second-order valence-electron chi connectivity index (χ2n) is 5.82. The van der Waals surface area contributed by atoms with E-state index in [1.165, 1.54) is 12.8 Å². The normalized spacial score (nSPS) is 30.3. The van der Waals surface area contributed by atoms with Gasteiger partial charge in [0.15, 0.2) is 0 Å². The first-order valence-electron chi connectivity index (χ1n) is 6.38. The zero-order valence-corrected chi connectivity index (χ0v) is 10.4. The molecule has 0 aromatic carbocycles. The van der Waals surface area contributed by atoms with Crippen molar-refractivity contribution in [2.75, 3.05) is 19.6 Å². The maximum absolute atomic E-state index is 8.94. The van der Waals surface area contributed by atoms with E-state index in [4.69, 9.17) is 10.00 Å². The summed E-state index contributed by atoms with van der Waals surface area (Å²) in [4.78, 5) is 2.51. The highest BCUT2D eigenvalue weighted by Gasteiger charge is 2.33. The van der Waals surface area contributed by atoms with Crippen LogP contribution in [0.25, 0.3) is 0 Å². The lowest BCUT2D eigenvalue weighted by Gasteiger charge is -2.32. The van der Waals surface area contributed by atoms with Crippen LogP contribution in [-0.4, -0.2) is 36.7 Å². The molecule has 2 bridgehead atoms. The van der Waals surface area contributed by atoms with Crippen LogP contribution < -0.4 is 0 Å². The van der Waals surface area contributed by atoms with Gasteiger partial charge in [-0.15, -0.1) is 0 Å². The van der Waals surface area contributed by atoms with Crippen molar-refractivity contribution in [3.05, 3.63) is 0 Å². The number of nitriles is 1. The lowest BCUT2D eigenvalue weighted by atomic mass is 9.90. The van der Waals surface area contributed by atoms with Crippen LogP contribution in [0.3, 0.4) is 0 Å². The highest BCUT2D eigenvalue weighted by molar-refractivity contribution is 4.92. The Morgan fingerprint density at radius 3 is 2.50 bits per heavy atom. The van der Waals surface area contributed by atoms with E-state index in [0.717, 1.165) is 32.5 Å². The van der Waals surface area contributed by atoms with Crippen LogP contribution in [0, 0.1) is 16.7 Å². The molecule has 0 radical (unpaired) electrons. The molecule has 0 aliphatic carbocycles. The topological polar surface area (TPSA) is 36.3 Å². The number of hydrogen-bond acceptors (Lipinski definition) is 3. The summed E-state index contributed by atoms with van der Waals surface area (Å²) in [5, 5.41) is 8.94. The lowest BCUT2D eigenvalue weighted by Crippen LogP contribution is -2.43. The van der Waals surface area contributed by atoms with Gasteiger partial charge >= 0.3 is 0 Å². The van der Waals surface area contributed by atoms with Gasteiger partial charge in [-0.1, -0.05) is 0 Å². The van der Waals surface area contributed by atoms with Crippen LogP contribution in [0.5, 0.6) is 0 Å². The minimum atomic E-state index is -0.161. The third kappa shape index (κ3) is 2.96. The van der Waals surface area contributed by atoms with Crippen molar-refractivity contribution < 1.29 is 4.74 Å². The standard InChI is InChI=1S/C13H22N2O/c1-13(2,10-14)6-3-7-15-8-11-4-5-12(9-15)16-11/h11-12H,3-9H2,1-2H3. The van der Waals surface area contributed by atoms with Crippen molar-refractivity contribution in [2.45, 2.75) is 51.7 Å². The fourth-order valence-electron chi connectivity index (χ4n) is 2.68. The molecule has 2 rings (SSSR count). The minimum Gasteiger partial charge on any atom is -0.372 e. The van der Waals surface area contributed by atoms with E-state index < -0.39 is 0 Å². The van der Waals surface area contributed by atoms with E-state index in [9.17, 15) is 0 Å². The van der Waals surface area contributed by atoms with E-state index >= 15 is 0 Å². The van der Waals surface area contributed by atoms with Crippen LogP contribution in [0.15, 0.2) is 0 Å². The molecular weight excluding hydrogens is 200 g/mol. The fourth-order valence-corrected chi connectivity index (χ4v) is 2.68. The summed E-state index contributed by atoms with van der Waals surface area (Å²) in [6.45, 7) is 7.38. The first-order valence-corrected chi connectivity index (χ1v) is 6.38. The van der Waals surface area contributed by atoms with Gasteiger partial charge in [0, 0.05) is 13.1 Å². The third-order valence-corrected chi connectivity index (χ3v) is 3.70. The van der Waals surface area contributed by atoms with Gasteiger partial charge < -0.3 is 4.74 Å². The van der Waals surface area contributed by atoms with Gasteiger partial charge in [0.1, 0.15) is 0 Å². The maximum atomic E-state index is 8.94. The highest BCUT2D eigenvalue weighted by atomic mass is 16.5. The molecule has 16 heavy (non-hydrogen) atoms. The SMILES string of the molecule is CC(C)(C#N)CCCN1CC2CCC(C1)O2. The van der Waals surface area contributed by atoms with E-state index in [0.29, 0.717) is 12.2 Å². The number of morpholine rings is 1. The zero-order valence-electron chi connectivity index (χ0n) is 10.4. The Morgan fingerprint density at radius 1 is 1.31 bits per heavy atom. The summed E-state index contributed by atoms with van der Waals surface area (Å²) in [6, 6.07) is 2.37. The molecule has 3 nitrogen and oxygen atoms in total. The monoisotopic (exact) mass is 222 g/mol. The van der Waals surface area contributed by atoms with Crippen LogP contribution in [-0.2, 0) is 4.74 Å². The van der Waals surface area contributed by atoms with Crippen molar-refractivity contribution in [1.29, 1.82) is 5.26 Å². The Balaban J connectivity index is 1.69. The summed E-state index contributed by atoms with van der Waals surface area (Å²) in [6.07, 6.45) is 5.58. The molecule has 2 atom stereocenters. The van der Waals surface area contributed by atoms with E-state index in [-0.39, 0.29) is 5.41 Å². The van der Waals surface area contributed by atoms with E-state index in [1.54, 1.807) is 0 Å². The molecule has 0 saturated carbocycles. The molecule has 2 heterocycles.